The van der Waals surface area contributed by atoms with Crippen LogP contribution < -0.4 is 16.6 Å². The van der Waals surface area contributed by atoms with Crippen molar-refractivity contribution >= 4 is 24.3 Å². The molecule has 0 aliphatic carbocycles. The van der Waals surface area contributed by atoms with Gasteiger partial charge in [0.05, 0.1) is 23.3 Å². The second-order valence-corrected chi connectivity index (χ2v) is 5.88. The van der Waals surface area contributed by atoms with E-state index in [1.807, 2.05) is 27.7 Å². The molecule has 1 aliphatic heterocycles. The molecule has 1 amide bonds. The fraction of sp³-hybridized carbons (Fsp3) is 0.538. The number of amides is 1. The van der Waals surface area contributed by atoms with Gasteiger partial charge in [-0.25, -0.2) is 0 Å². The second kappa shape index (κ2) is 5.07. The number of nitrogens with two attached hydrogens (primary N) is 1. The van der Waals surface area contributed by atoms with Crippen LogP contribution >= 0.6 is 0 Å². The molecule has 0 atom stereocenters. The molecule has 0 aromatic carbocycles. The number of hydrogen-bond acceptors (Lipinski definition) is 5. The summed E-state index contributed by atoms with van der Waals surface area (Å²) in [6, 6.07) is 3.56. The molecule has 0 unspecified atom stereocenters. The SMILES string of the molecule is CC1(C)OB(c2cc(NCC(N)=O)ccn2)OC1(C)C. The summed E-state index contributed by atoms with van der Waals surface area (Å²) in [5.74, 6) is -0.418. The standard InChI is InChI=1S/C13H20BN3O3/c1-12(2)13(3,4)20-14(19-12)10-7-9(5-6-16-10)17-8-11(15)18/h5-7H,8H2,1-4H3,(H2,15,18)(H,16,17). The second-order valence-electron chi connectivity index (χ2n) is 5.88. The Kier molecular flexibility index (Phi) is 3.75. The lowest BCUT2D eigenvalue weighted by atomic mass is 9.84. The maximum atomic E-state index is 10.8. The van der Waals surface area contributed by atoms with Crippen LogP contribution in [0.25, 0.3) is 0 Å². The molecule has 20 heavy (non-hydrogen) atoms. The first kappa shape index (κ1) is 14.8. The van der Waals surface area contributed by atoms with Crippen molar-refractivity contribution in [3.05, 3.63) is 18.3 Å². The van der Waals surface area contributed by atoms with Crippen LogP contribution in [0.3, 0.4) is 0 Å². The third kappa shape index (κ3) is 2.94. The topological polar surface area (TPSA) is 86.5 Å². The highest BCUT2D eigenvalue weighted by Crippen LogP contribution is 2.36. The molecule has 1 fully saturated rings. The Labute approximate surface area is 119 Å². The lowest BCUT2D eigenvalue weighted by molar-refractivity contribution is -0.116. The van der Waals surface area contributed by atoms with Crippen molar-refractivity contribution < 1.29 is 14.1 Å². The van der Waals surface area contributed by atoms with Gasteiger partial charge in [0.1, 0.15) is 0 Å². The van der Waals surface area contributed by atoms with E-state index in [2.05, 4.69) is 10.3 Å². The predicted molar refractivity (Wildman–Crippen MR) is 77.6 cm³/mol. The highest BCUT2D eigenvalue weighted by atomic mass is 16.7. The van der Waals surface area contributed by atoms with Crippen molar-refractivity contribution in [1.82, 2.24) is 4.98 Å². The van der Waals surface area contributed by atoms with Gasteiger partial charge in [0.2, 0.25) is 5.91 Å². The van der Waals surface area contributed by atoms with E-state index in [9.17, 15) is 4.79 Å². The lowest BCUT2D eigenvalue weighted by Crippen LogP contribution is -2.41. The highest BCUT2D eigenvalue weighted by Gasteiger charge is 2.52. The average molecular weight is 277 g/mol. The molecule has 2 rings (SSSR count). The summed E-state index contributed by atoms with van der Waals surface area (Å²) in [7, 11) is -0.518. The van der Waals surface area contributed by atoms with Gasteiger partial charge < -0.3 is 20.4 Å². The van der Waals surface area contributed by atoms with Crippen molar-refractivity contribution in [1.29, 1.82) is 0 Å². The van der Waals surface area contributed by atoms with Crippen LogP contribution in [-0.4, -0.2) is 35.8 Å². The third-order valence-electron chi connectivity index (χ3n) is 3.74. The Hall–Kier alpha value is -1.60. The number of pyridine rings is 1. The predicted octanol–water partition coefficient (Wildman–Crippen LogP) is 0.278. The molecule has 2 heterocycles. The molecule has 0 bridgehead atoms. The first-order chi connectivity index (χ1) is 9.21. The van der Waals surface area contributed by atoms with Crippen LogP contribution in [-0.2, 0) is 14.1 Å². The fourth-order valence-electron chi connectivity index (χ4n) is 1.84. The summed E-state index contributed by atoms with van der Waals surface area (Å²) in [6.07, 6.45) is 1.64. The maximum Gasteiger partial charge on any atom is 0.514 e. The molecule has 7 heteroatoms. The van der Waals surface area contributed by atoms with Crippen molar-refractivity contribution in [2.24, 2.45) is 5.73 Å². The number of anilines is 1. The number of primary amides is 1. The minimum Gasteiger partial charge on any atom is -0.398 e. The molecule has 1 aromatic rings. The molecule has 1 aromatic heterocycles. The molecule has 0 spiro atoms. The molecule has 1 aliphatic rings. The quantitative estimate of drug-likeness (QED) is 0.772. The van der Waals surface area contributed by atoms with Gasteiger partial charge in [0, 0.05) is 11.9 Å². The zero-order valence-electron chi connectivity index (χ0n) is 12.3. The fourth-order valence-corrected chi connectivity index (χ4v) is 1.84. The van der Waals surface area contributed by atoms with Gasteiger partial charge in [-0.15, -0.1) is 0 Å². The van der Waals surface area contributed by atoms with E-state index in [-0.39, 0.29) is 6.54 Å². The van der Waals surface area contributed by atoms with Crippen LogP contribution in [0.2, 0.25) is 0 Å². The van der Waals surface area contributed by atoms with Gasteiger partial charge in [0.15, 0.2) is 0 Å². The van der Waals surface area contributed by atoms with E-state index in [0.717, 1.165) is 5.69 Å². The van der Waals surface area contributed by atoms with E-state index >= 15 is 0 Å². The van der Waals surface area contributed by atoms with Gasteiger partial charge in [0.25, 0.3) is 0 Å². The summed E-state index contributed by atoms with van der Waals surface area (Å²) in [6.45, 7) is 8.03. The van der Waals surface area contributed by atoms with E-state index in [4.69, 9.17) is 15.0 Å². The number of aromatic nitrogens is 1. The van der Waals surface area contributed by atoms with E-state index < -0.39 is 24.2 Å². The number of nitrogens with zero attached hydrogens (tertiary/aromatic N) is 1. The van der Waals surface area contributed by atoms with Crippen molar-refractivity contribution in [2.45, 2.75) is 38.9 Å². The van der Waals surface area contributed by atoms with Gasteiger partial charge >= 0.3 is 7.12 Å². The minimum atomic E-state index is -0.518. The third-order valence-corrected chi connectivity index (χ3v) is 3.74. The first-order valence-corrected chi connectivity index (χ1v) is 6.55. The molecule has 0 radical (unpaired) electrons. The summed E-state index contributed by atoms with van der Waals surface area (Å²) in [5.41, 5.74) is 5.71. The van der Waals surface area contributed by atoms with Gasteiger partial charge in [-0.05, 0) is 39.8 Å². The largest absolute Gasteiger partial charge is 0.514 e. The summed E-state index contributed by atoms with van der Waals surface area (Å²) < 4.78 is 11.9. The molecular formula is C13H20BN3O3. The van der Waals surface area contributed by atoms with Crippen molar-refractivity contribution in [3.63, 3.8) is 0 Å². The van der Waals surface area contributed by atoms with Gasteiger partial charge in [-0.2, -0.15) is 0 Å². The zero-order valence-corrected chi connectivity index (χ0v) is 12.3. The molecule has 3 N–H and O–H groups in total. The van der Waals surface area contributed by atoms with Gasteiger partial charge in [-0.1, -0.05) is 0 Å². The summed E-state index contributed by atoms with van der Waals surface area (Å²) in [5, 5.41) is 2.92. The van der Waals surface area contributed by atoms with Crippen molar-refractivity contribution in [3.8, 4) is 0 Å². The molecular weight excluding hydrogens is 257 g/mol. The number of carbonyl (C=O) groups is 1. The van der Waals surface area contributed by atoms with Gasteiger partial charge in [-0.3, -0.25) is 9.78 Å². The van der Waals surface area contributed by atoms with E-state index in [1.54, 1.807) is 18.3 Å². The Bertz CT molecular complexity index is 503. The molecule has 108 valence electrons. The summed E-state index contributed by atoms with van der Waals surface area (Å²) >= 11 is 0. The average Bonchev–Trinajstić information content (AvgIpc) is 2.56. The monoisotopic (exact) mass is 277 g/mol. The molecule has 1 saturated heterocycles. The highest BCUT2D eigenvalue weighted by molar-refractivity contribution is 6.61. The van der Waals surface area contributed by atoms with Crippen LogP contribution in [0, 0.1) is 0 Å². The lowest BCUT2D eigenvalue weighted by Gasteiger charge is -2.32. The molecule has 6 nitrogen and oxygen atoms in total. The first-order valence-electron chi connectivity index (χ1n) is 6.55. The maximum absolute atomic E-state index is 10.8. The Morgan fingerprint density at radius 2 is 1.95 bits per heavy atom. The van der Waals surface area contributed by atoms with Crippen LogP contribution in [0.15, 0.2) is 18.3 Å². The number of rotatable bonds is 4. The number of nitrogens with one attached hydrogen (secondary N) is 1. The van der Waals surface area contributed by atoms with Crippen LogP contribution in [0.5, 0.6) is 0 Å². The smallest absolute Gasteiger partial charge is 0.398 e. The Morgan fingerprint density at radius 1 is 1.35 bits per heavy atom. The van der Waals surface area contributed by atoms with Crippen LogP contribution in [0.4, 0.5) is 5.69 Å². The van der Waals surface area contributed by atoms with E-state index in [1.165, 1.54) is 0 Å². The minimum absolute atomic E-state index is 0.0762. The van der Waals surface area contributed by atoms with E-state index in [0.29, 0.717) is 5.59 Å². The molecule has 0 saturated carbocycles. The number of hydrogen-bond donors (Lipinski definition) is 2. The number of carbonyl (C=O) groups excluding carboxylic acids is 1. The summed E-state index contributed by atoms with van der Waals surface area (Å²) in [4.78, 5) is 15.1. The Morgan fingerprint density at radius 3 is 2.50 bits per heavy atom. The van der Waals surface area contributed by atoms with Crippen LogP contribution in [0.1, 0.15) is 27.7 Å². The van der Waals surface area contributed by atoms with Crippen molar-refractivity contribution in [2.75, 3.05) is 11.9 Å². The Balaban J connectivity index is 2.14. The normalized spacial score (nSPS) is 19.9. The zero-order chi connectivity index (χ0) is 15.0.